The molecular weight excluding hydrogens is 287 g/mol. The molecule has 0 aliphatic rings. The molecule has 6 heteroatoms. The number of halogens is 1. The summed E-state index contributed by atoms with van der Waals surface area (Å²) in [6.45, 7) is 0.144. The molecule has 0 heterocycles. The lowest BCUT2D eigenvalue weighted by molar-refractivity contribution is -0.0598. The second-order valence-corrected chi connectivity index (χ2v) is 4.51. The van der Waals surface area contributed by atoms with Crippen LogP contribution in [0.15, 0.2) is 48.5 Å². The molecule has 0 radical (unpaired) electrons. The lowest BCUT2D eigenvalue weighted by Gasteiger charge is -2.14. The number of ether oxygens (including phenoxy) is 1. The molecule has 0 bridgehead atoms. The molecule has 5 nitrogen and oxygen atoms in total. The third-order valence-corrected chi connectivity index (χ3v) is 3.02. The zero-order chi connectivity index (χ0) is 15.9. The number of hydroxylamine groups is 2. The molecule has 22 heavy (non-hydrogen) atoms. The van der Waals surface area contributed by atoms with Crippen LogP contribution < -0.4 is 10.1 Å². The molecule has 0 spiro atoms. The fourth-order valence-electron chi connectivity index (χ4n) is 1.70. The van der Waals surface area contributed by atoms with Crippen molar-refractivity contribution in [2.24, 2.45) is 0 Å². The van der Waals surface area contributed by atoms with Gasteiger partial charge in [-0.05, 0) is 30.3 Å². The number of nitrogens with one attached hydrogen (secondary N) is 1. The molecule has 0 saturated heterocycles. The Hall–Kier alpha value is -2.60. The van der Waals surface area contributed by atoms with Crippen molar-refractivity contribution in [1.29, 1.82) is 0 Å². The zero-order valence-electron chi connectivity index (χ0n) is 12.4. The second-order valence-electron chi connectivity index (χ2n) is 4.51. The van der Waals surface area contributed by atoms with Crippen molar-refractivity contribution in [2.75, 3.05) is 19.5 Å². The number of anilines is 1. The van der Waals surface area contributed by atoms with Gasteiger partial charge in [0.1, 0.15) is 18.2 Å². The number of hydrogen-bond acceptors (Lipinski definition) is 3. The fraction of sp³-hybridized carbons (Fsp3) is 0.188. The average Bonchev–Trinajstić information content (AvgIpc) is 2.54. The minimum absolute atomic E-state index is 0.144. The standard InChI is InChI=1S/C16H17FN2O3/c1-19(21-2)16(20)18-13-7-9-14(10-8-13)22-11-12-5-3-4-6-15(12)17/h3-10H,11H2,1-2H3,(H,18,20). The summed E-state index contributed by atoms with van der Waals surface area (Å²) < 4.78 is 19.0. The summed E-state index contributed by atoms with van der Waals surface area (Å²) in [5.74, 6) is 0.287. The van der Waals surface area contributed by atoms with Crippen molar-refractivity contribution in [3.63, 3.8) is 0 Å². The van der Waals surface area contributed by atoms with E-state index in [9.17, 15) is 9.18 Å². The van der Waals surface area contributed by atoms with E-state index in [1.165, 1.54) is 20.2 Å². The third kappa shape index (κ3) is 4.20. The number of carbonyl (C=O) groups is 1. The average molecular weight is 304 g/mol. The quantitative estimate of drug-likeness (QED) is 0.861. The van der Waals surface area contributed by atoms with Crippen molar-refractivity contribution >= 4 is 11.7 Å². The van der Waals surface area contributed by atoms with Crippen LogP contribution >= 0.6 is 0 Å². The van der Waals surface area contributed by atoms with Crippen molar-refractivity contribution < 1.29 is 18.8 Å². The number of carbonyl (C=O) groups excluding carboxylic acids is 1. The highest BCUT2D eigenvalue weighted by atomic mass is 19.1. The van der Waals surface area contributed by atoms with Crippen molar-refractivity contribution in [1.82, 2.24) is 5.06 Å². The van der Waals surface area contributed by atoms with Crippen LogP contribution in [0.25, 0.3) is 0 Å². The van der Waals surface area contributed by atoms with Crippen molar-refractivity contribution in [2.45, 2.75) is 6.61 Å². The number of hydrogen-bond donors (Lipinski definition) is 1. The van der Waals surface area contributed by atoms with Gasteiger partial charge in [-0.3, -0.25) is 4.84 Å². The minimum Gasteiger partial charge on any atom is -0.489 e. The summed E-state index contributed by atoms with van der Waals surface area (Å²) in [5, 5.41) is 3.72. The molecule has 116 valence electrons. The van der Waals surface area contributed by atoms with Gasteiger partial charge in [-0.25, -0.2) is 14.2 Å². The largest absolute Gasteiger partial charge is 0.489 e. The van der Waals surface area contributed by atoms with Gasteiger partial charge in [0.2, 0.25) is 0 Å². The lowest BCUT2D eigenvalue weighted by atomic mass is 10.2. The van der Waals surface area contributed by atoms with Gasteiger partial charge in [0.25, 0.3) is 0 Å². The number of nitrogens with zero attached hydrogens (tertiary/aromatic N) is 1. The van der Waals surface area contributed by atoms with Gasteiger partial charge < -0.3 is 10.1 Å². The molecule has 0 aliphatic heterocycles. The highest BCUT2D eigenvalue weighted by molar-refractivity contribution is 5.88. The molecule has 0 fully saturated rings. The van der Waals surface area contributed by atoms with Gasteiger partial charge in [0, 0.05) is 18.3 Å². The molecular formula is C16H17FN2O3. The van der Waals surface area contributed by atoms with E-state index in [1.54, 1.807) is 42.5 Å². The summed E-state index contributed by atoms with van der Waals surface area (Å²) in [4.78, 5) is 16.4. The summed E-state index contributed by atoms with van der Waals surface area (Å²) >= 11 is 0. The first-order valence-electron chi connectivity index (χ1n) is 6.65. The summed E-state index contributed by atoms with van der Waals surface area (Å²) in [7, 11) is 2.90. The highest BCUT2D eigenvalue weighted by Crippen LogP contribution is 2.18. The Morgan fingerprint density at radius 3 is 2.50 bits per heavy atom. The summed E-state index contributed by atoms with van der Waals surface area (Å²) in [6.07, 6.45) is 0. The Balaban J connectivity index is 1.92. The lowest BCUT2D eigenvalue weighted by Crippen LogP contribution is -2.30. The molecule has 0 saturated carbocycles. The molecule has 2 amide bonds. The maximum Gasteiger partial charge on any atom is 0.345 e. The van der Waals surface area contributed by atoms with Gasteiger partial charge in [-0.2, -0.15) is 0 Å². The monoisotopic (exact) mass is 304 g/mol. The minimum atomic E-state index is -0.387. The molecule has 2 aromatic rings. The van der Waals surface area contributed by atoms with Crippen molar-refractivity contribution in [3.8, 4) is 5.75 Å². The van der Waals surface area contributed by atoms with E-state index in [-0.39, 0.29) is 18.5 Å². The summed E-state index contributed by atoms with van der Waals surface area (Å²) in [5.41, 5.74) is 1.09. The van der Waals surface area contributed by atoms with Crippen LogP contribution in [-0.2, 0) is 11.4 Å². The Bertz CT molecular complexity index is 632. The predicted octanol–water partition coefficient (Wildman–Crippen LogP) is 3.43. The molecule has 1 N–H and O–H groups in total. The van der Waals surface area contributed by atoms with E-state index < -0.39 is 0 Å². The fourth-order valence-corrected chi connectivity index (χ4v) is 1.70. The maximum atomic E-state index is 13.5. The van der Waals surface area contributed by atoms with Gasteiger partial charge >= 0.3 is 6.03 Å². The first kappa shape index (κ1) is 15.8. The van der Waals surface area contributed by atoms with Crippen LogP contribution in [0.5, 0.6) is 5.75 Å². The summed E-state index contributed by atoms with van der Waals surface area (Å²) in [6, 6.07) is 12.8. The van der Waals surface area contributed by atoms with Crippen LogP contribution in [0, 0.1) is 5.82 Å². The molecule has 0 unspecified atom stereocenters. The van der Waals surface area contributed by atoms with Crippen LogP contribution in [0.1, 0.15) is 5.56 Å². The van der Waals surface area contributed by atoms with Crippen LogP contribution in [-0.4, -0.2) is 25.3 Å². The molecule has 0 atom stereocenters. The first-order valence-corrected chi connectivity index (χ1v) is 6.65. The number of rotatable bonds is 5. The second kappa shape index (κ2) is 7.42. The number of urea groups is 1. The SMILES string of the molecule is CON(C)C(=O)Nc1ccc(OCc2ccccc2F)cc1. The van der Waals surface area contributed by atoms with Crippen molar-refractivity contribution in [3.05, 3.63) is 59.9 Å². The predicted molar refractivity (Wildman–Crippen MR) is 81.0 cm³/mol. The normalized spacial score (nSPS) is 10.1. The van der Waals surface area contributed by atoms with E-state index in [2.05, 4.69) is 5.32 Å². The van der Waals surface area contributed by atoms with Gasteiger partial charge in [-0.1, -0.05) is 18.2 Å². The van der Waals surface area contributed by atoms with E-state index in [4.69, 9.17) is 9.57 Å². The topological polar surface area (TPSA) is 50.8 Å². The van der Waals surface area contributed by atoms with Crippen LogP contribution in [0.3, 0.4) is 0 Å². The van der Waals surface area contributed by atoms with Crippen LogP contribution in [0.4, 0.5) is 14.9 Å². The maximum absolute atomic E-state index is 13.5. The van der Waals surface area contributed by atoms with Gasteiger partial charge in [0.05, 0.1) is 7.11 Å². The Morgan fingerprint density at radius 1 is 1.18 bits per heavy atom. The Labute approximate surface area is 128 Å². The Morgan fingerprint density at radius 2 is 1.86 bits per heavy atom. The third-order valence-electron chi connectivity index (χ3n) is 3.02. The molecule has 0 aromatic heterocycles. The van der Waals surface area contributed by atoms with E-state index in [1.807, 2.05) is 0 Å². The van der Waals surface area contributed by atoms with Crippen LogP contribution in [0.2, 0.25) is 0 Å². The highest BCUT2D eigenvalue weighted by Gasteiger charge is 2.07. The number of benzene rings is 2. The van der Waals surface area contributed by atoms with E-state index >= 15 is 0 Å². The zero-order valence-corrected chi connectivity index (χ0v) is 12.4. The smallest absolute Gasteiger partial charge is 0.345 e. The van der Waals surface area contributed by atoms with Gasteiger partial charge in [-0.15, -0.1) is 0 Å². The first-order chi connectivity index (χ1) is 10.6. The molecule has 2 aromatic carbocycles. The molecule has 2 rings (SSSR count). The van der Waals surface area contributed by atoms with E-state index in [0.717, 1.165) is 5.06 Å². The van der Waals surface area contributed by atoms with E-state index in [0.29, 0.717) is 17.0 Å². The Kier molecular flexibility index (Phi) is 5.32. The molecule has 0 aliphatic carbocycles. The number of amides is 2. The van der Waals surface area contributed by atoms with Gasteiger partial charge in [0.15, 0.2) is 0 Å².